The van der Waals surface area contributed by atoms with Gasteiger partial charge >= 0.3 is 6.18 Å². The fourth-order valence-corrected chi connectivity index (χ4v) is 3.62. The molecule has 1 aromatic rings. The standard InChI is InChI=1S/C9H15F3N4O2S2/c1-5(4-9(10,11)12)14-8-6(7(13)15-19-8)20(17,18)16(2)3/h5,14H,4H2,1-3H3,(H2,13,15). The molecule has 1 unspecified atom stereocenters. The van der Waals surface area contributed by atoms with Crippen LogP contribution in [0.1, 0.15) is 13.3 Å². The maximum atomic E-state index is 12.3. The summed E-state index contributed by atoms with van der Waals surface area (Å²) >= 11 is 0.715. The van der Waals surface area contributed by atoms with E-state index in [0.717, 1.165) is 4.31 Å². The van der Waals surface area contributed by atoms with E-state index in [1.807, 2.05) is 0 Å². The molecule has 0 spiro atoms. The minimum Gasteiger partial charge on any atom is -0.382 e. The number of rotatable bonds is 5. The Kier molecular flexibility index (Phi) is 4.87. The summed E-state index contributed by atoms with van der Waals surface area (Å²) in [5, 5.41) is 2.51. The highest BCUT2D eigenvalue weighted by Crippen LogP contribution is 2.34. The summed E-state index contributed by atoms with van der Waals surface area (Å²) in [6, 6.07) is -0.994. The van der Waals surface area contributed by atoms with Crippen LogP contribution in [0, 0.1) is 0 Å². The molecule has 3 N–H and O–H groups in total. The Morgan fingerprint density at radius 3 is 2.45 bits per heavy atom. The van der Waals surface area contributed by atoms with Gasteiger partial charge in [0.1, 0.15) is 5.00 Å². The topological polar surface area (TPSA) is 88.3 Å². The fraction of sp³-hybridized carbons (Fsp3) is 0.667. The van der Waals surface area contributed by atoms with Crippen LogP contribution in [0.15, 0.2) is 4.90 Å². The van der Waals surface area contributed by atoms with Crippen LogP contribution < -0.4 is 11.1 Å². The van der Waals surface area contributed by atoms with Crippen LogP contribution in [0.25, 0.3) is 0 Å². The first-order chi connectivity index (χ1) is 8.95. The Labute approximate surface area is 119 Å². The summed E-state index contributed by atoms with van der Waals surface area (Å²) < 4.78 is 65.5. The molecule has 0 fully saturated rings. The molecular formula is C9H15F3N4O2S2. The van der Waals surface area contributed by atoms with Gasteiger partial charge in [0.25, 0.3) is 0 Å². The van der Waals surface area contributed by atoms with Crippen LogP contribution in [0.2, 0.25) is 0 Å². The Balaban J connectivity index is 3.05. The molecule has 0 radical (unpaired) electrons. The van der Waals surface area contributed by atoms with Gasteiger partial charge in [-0.2, -0.15) is 17.5 Å². The van der Waals surface area contributed by atoms with E-state index in [-0.39, 0.29) is 15.7 Å². The summed E-state index contributed by atoms with van der Waals surface area (Å²) in [7, 11) is -1.27. The number of nitrogens with one attached hydrogen (secondary N) is 1. The van der Waals surface area contributed by atoms with E-state index in [9.17, 15) is 21.6 Å². The number of nitrogen functional groups attached to an aromatic ring is 1. The molecule has 116 valence electrons. The molecule has 6 nitrogen and oxygen atoms in total. The van der Waals surface area contributed by atoms with Crippen LogP contribution in [-0.2, 0) is 10.0 Å². The van der Waals surface area contributed by atoms with Crippen LogP contribution in [0.3, 0.4) is 0 Å². The fourth-order valence-electron chi connectivity index (χ4n) is 1.44. The molecule has 1 aromatic heterocycles. The highest BCUT2D eigenvalue weighted by atomic mass is 32.2. The lowest BCUT2D eigenvalue weighted by molar-refractivity contribution is -0.136. The van der Waals surface area contributed by atoms with Gasteiger partial charge in [-0.05, 0) is 18.5 Å². The van der Waals surface area contributed by atoms with E-state index < -0.39 is 28.7 Å². The van der Waals surface area contributed by atoms with Crippen molar-refractivity contribution in [3.8, 4) is 0 Å². The minimum absolute atomic E-state index is 0.00736. The molecule has 0 aliphatic heterocycles. The molecule has 0 aliphatic carbocycles. The van der Waals surface area contributed by atoms with Gasteiger partial charge in [-0.25, -0.2) is 12.7 Å². The van der Waals surface area contributed by atoms with Crippen LogP contribution in [0.4, 0.5) is 24.0 Å². The number of nitrogens with zero attached hydrogens (tertiary/aromatic N) is 2. The molecule has 0 aromatic carbocycles. The van der Waals surface area contributed by atoms with Crippen molar-refractivity contribution in [1.82, 2.24) is 8.68 Å². The van der Waals surface area contributed by atoms with Crippen molar-refractivity contribution in [2.75, 3.05) is 25.1 Å². The van der Waals surface area contributed by atoms with Gasteiger partial charge in [0.2, 0.25) is 10.0 Å². The number of halogens is 3. The van der Waals surface area contributed by atoms with Crippen LogP contribution in [-0.4, -0.2) is 43.4 Å². The Morgan fingerprint density at radius 1 is 1.45 bits per heavy atom. The lowest BCUT2D eigenvalue weighted by Crippen LogP contribution is -2.26. The number of anilines is 2. The smallest absolute Gasteiger partial charge is 0.382 e. The number of aromatic nitrogens is 1. The average molecular weight is 332 g/mol. The Bertz CT molecular complexity index is 568. The first-order valence-electron chi connectivity index (χ1n) is 5.46. The molecule has 1 rings (SSSR count). The van der Waals surface area contributed by atoms with Crippen molar-refractivity contribution >= 4 is 32.4 Å². The van der Waals surface area contributed by atoms with Gasteiger partial charge in [0.05, 0.1) is 6.42 Å². The second-order valence-corrected chi connectivity index (χ2v) is 7.24. The SMILES string of the molecule is CC(CC(F)(F)F)Nc1snc(N)c1S(=O)(=O)N(C)C. The third-order valence-corrected chi connectivity index (χ3v) is 5.14. The van der Waals surface area contributed by atoms with E-state index in [1.165, 1.54) is 21.0 Å². The average Bonchev–Trinajstić information content (AvgIpc) is 2.56. The zero-order chi connectivity index (χ0) is 15.7. The quantitative estimate of drug-likeness (QED) is 0.857. The minimum atomic E-state index is -4.34. The maximum absolute atomic E-state index is 12.3. The molecule has 0 saturated heterocycles. The zero-order valence-corrected chi connectivity index (χ0v) is 12.7. The largest absolute Gasteiger partial charge is 0.391 e. The molecule has 0 aliphatic rings. The van der Waals surface area contributed by atoms with Gasteiger partial charge in [0, 0.05) is 20.1 Å². The zero-order valence-electron chi connectivity index (χ0n) is 11.0. The molecular weight excluding hydrogens is 317 g/mol. The Hall–Kier alpha value is -1.07. The Morgan fingerprint density at radius 2 is 2.00 bits per heavy atom. The summed E-state index contributed by atoms with van der Waals surface area (Å²) in [4.78, 5) is -0.290. The van der Waals surface area contributed by atoms with E-state index in [4.69, 9.17) is 5.73 Å². The molecule has 20 heavy (non-hydrogen) atoms. The third-order valence-electron chi connectivity index (χ3n) is 2.33. The van der Waals surface area contributed by atoms with Crippen molar-refractivity contribution < 1.29 is 21.6 Å². The molecule has 1 heterocycles. The van der Waals surface area contributed by atoms with Gasteiger partial charge in [0.15, 0.2) is 10.7 Å². The van der Waals surface area contributed by atoms with Crippen molar-refractivity contribution in [3.05, 3.63) is 0 Å². The number of hydrogen-bond donors (Lipinski definition) is 2. The third kappa shape index (κ3) is 3.96. The number of sulfonamides is 1. The molecule has 0 amide bonds. The van der Waals surface area contributed by atoms with Gasteiger partial charge in [-0.1, -0.05) is 0 Å². The van der Waals surface area contributed by atoms with Crippen molar-refractivity contribution in [3.63, 3.8) is 0 Å². The summed E-state index contributed by atoms with van der Waals surface area (Å²) in [6.45, 7) is 1.30. The summed E-state index contributed by atoms with van der Waals surface area (Å²) in [5.74, 6) is -0.231. The molecule has 0 saturated carbocycles. The lowest BCUT2D eigenvalue weighted by Gasteiger charge is -2.17. The number of nitrogens with two attached hydrogens (primary N) is 1. The second-order valence-electron chi connectivity index (χ2n) is 4.38. The van der Waals surface area contributed by atoms with Gasteiger partial charge in [-0.3, -0.25) is 0 Å². The van der Waals surface area contributed by atoms with Crippen molar-refractivity contribution in [2.24, 2.45) is 0 Å². The predicted molar refractivity (Wildman–Crippen MR) is 71.2 cm³/mol. The maximum Gasteiger partial charge on any atom is 0.391 e. The van der Waals surface area contributed by atoms with E-state index in [1.54, 1.807) is 0 Å². The summed E-state index contributed by atoms with van der Waals surface area (Å²) in [6.07, 6.45) is -5.44. The highest BCUT2D eigenvalue weighted by Gasteiger charge is 2.32. The van der Waals surface area contributed by atoms with Crippen LogP contribution >= 0.6 is 11.5 Å². The van der Waals surface area contributed by atoms with Crippen LogP contribution in [0.5, 0.6) is 0 Å². The summed E-state index contributed by atoms with van der Waals surface area (Å²) in [5.41, 5.74) is 5.50. The van der Waals surface area contributed by atoms with Crippen molar-refractivity contribution in [2.45, 2.75) is 30.5 Å². The van der Waals surface area contributed by atoms with E-state index >= 15 is 0 Å². The lowest BCUT2D eigenvalue weighted by atomic mass is 10.2. The van der Waals surface area contributed by atoms with Gasteiger partial charge < -0.3 is 11.1 Å². The molecule has 0 bridgehead atoms. The van der Waals surface area contributed by atoms with E-state index in [0.29, 0.717) is 11.5 Å². The van der Waals surface area contributed by atoms with Gasteiger partial charge in [-0.15, -0.1) is 0 Å². The van der Waals surface area contributed by atoms with E-state index in [2.05, 4.69) is 9.69 Å². The first kappa shape index (κ1) is 17.0. The number of alkyl halides is 3. The monoisotopic (exact) mass is 332 g/mol. The second kappa shape index (κ2) is 5.74. The van der Waals surface area contributed by atoms with Crippen molar-refractivity contribution in [1.29, 1.82) is 0 Å². The molecule has 11 heteroatoms. The number of hydrogen-bond acceptors (Lipinski definition) is 6. The highest BCUT2D eigenvalue weighted by molar-refractivity contribution is 7.89. The normalized spacial score (nSPS) is 14.6. The molecule has 1 atom stereocenters. The predicted octanol–water partition coefficient (Wildman–Crippen LogP) is 1.73. The first-order valence-corrected chi connectivity index (χ1v) is 7.67.